The summed E-state index contributed by atoms with van der Waals surface area (Å²) in [6, 6.07) is 11.4. The van der Waals surface area contributed by atoms with Crippen LogP contribution in [0.3, 0.4) is 0 Å². The third-order valence-electron chi connectivity index (χ3n) is 4.14. The molecular formula is C19H15FN4O4S. The van der Waals surface area contributed by atoms with Gasteiger partial charge in [-0.1, -0.05) is 16.4 Å². The second-order valence-electron chi connectivity index (χ2n) is 6.26. The second-order valence-corrected chi connectivity index (χ2v) is 7.94. The maximum atomic E-state index is 13.1. The van der Waals surface area contributed by atoms with E-state index in [1.54, 1.807) is 31.2 Å². The van der Waals surface area contributed by atoms with Crippen LogP contribution in [0.4, 0.5) is 10.1 Å². The van der Waals surface area contributed by atoms with Gasteiger partial charge in [0.05, 0.1) is 23.2 Å². The molecule has 0 amide bonds. The number of hydrogen-bond donors (Lipinski definition) is 1. The maximum absolute atomic E-state index is 13.1. The van der Waals surface area contributed by atoms with Gasteiger partial charge in [-0.3, -0.25) is 4.72 Å². The van der Waals surface area contributed by atoms with Crippen LogP contribution in [0.5, 0.6) is 0 Å². The summed E-state index contributed by atoms with van der Waals surface area (Å²) in [6.07, 6.45) is 1.84. The van der Waals surface area contributed by atoms with Gasteiger partial charge in [0, 0.05) is 11.6 Å². The number of rotatable bonds is 6. The number of hydrogen-bond acceptors (Lipinski definition) is 7. The van der Waals surface area contributed by atoms with Gasteiger partial charge in [-0.25, -0.2) is 12.8 Å². The fourth-order valence-electron chi connectivity index (χ4n) is 2.61. The van der Waals surface area contributed by atoms with Gasteiger partial charge in [0.2, 0.25) is 0 Å². The summed E-state index contributed by atoms with van der Waals surface area (Å²) in [5.41, 5.74) is 1.59. The van der Waals surface area contributed by atoms with Crippen LogP contribution in [-0.2, 0) is 16.4 Å². The normalized spacial score (nSPS) is 11.5. The molecule has 0 radical (unpaired) electrons. The first-order valence-corrected chi connectivity index (χ1v) is 10.0. The van der Waals surface area contributed by atoms with Gasteiger partial charge in [-0.2, -0.15) is 4.98 Å². The van der Waals surface area contributed by atoms with Gasteiger partial charge in [-0.05, 0) is 48.9 Å². The van der Waals surface area contributed by atoms with E-state index in [4.69, 9.17) is 9.05 Å². The van der Waals surface area contributed by atoms with E-state index in [0.717, 1.165) is 12.1 Å². The number of aromatic nitrogens is 3. The summed E-state index contributed by atoms with van der Waals surface area (Å²) in [7, 11) is -3.88. The quantitative estimate of drug-likeness (QED) is 0.513. The zero-order chi connectivity index (χ0) is 20.4. The van der Waals surface area contributed by atoms with Crippen LogP contribution < -0.4 is 4.72 Å². The molecule has 0 aliphatic carbocycles. The van der Waals surface area contributed by atoms with E-state index in [1.165, 1.54) is 18.3 Å². The van der Waals surface area contributed by atoms with Crippen molar-refractivity contribution in [3.63, 3.8) is 0 Å². The van der Waals surface area contributed by atoms with Crippen LogP contribution in [0.15, 0.2) is 68.7 Å². The summed E-state index contributed by atoms with van der Waals surface area (Å²) in [5, 5.41) is 7.52. The number of nitrogens with zero attached hydrogens (tertiary/aromatic N) is 3. The Morgan fingerprint density at radius 3 is 2.59 bits per heavy atom. The molecule has 1 N–H and O–H groups in total. The van der Waals surface area contributed by atoms with Crippen molar-refractivity contribution in [3.8, 4) is 11.5 Å². The predicted molar refractivity (Wildman–Crippen MR) is 101 cm³/mol. The van der Waals surface area contributed by atoms with Crippen LogP contribution in [0.1, 0.15) is 17.1 Å². The number of anilines is 1. The summed E-state index contributed by atoms with van der Waals surface area (Å²) in [4.78, 5) is 4.26. The molecule has 0 atom stereocenters. The Hall–Kier alpha value is -3.53. The Balaban J connectivity index is 1.59. The van der Waals surface area contributed by atoms with E-state index in [1.807, 2.05) is 0 Å². The Labute approximate surface area is 165 Å². The second kappa shape index (κ2) is 7.47. The molecule has 29 heavy (non-hydrogen) atoms. The van der Waals surface area contributed by atoms with Crippen molar-refractivity contribution in [3.05, 3.63) is 77.7 Å². The van der Waals surface area contributed by atoms with Crippen molar-refractivity contribution in [2.24, 2.45) is 0 Å². The summed E-state index contributed by atoms with van der Waals surface area (Å²) >= 11 is 0. The summed E-state index contributed by atoms with van der Waals surface area (Å²) in [6.45, 7) is 1.76. The molecule has 2 aromatic carbocycles. The Morgan fingerprint density at radius 1 is 1.07 bits per heavy atom. The highest BCUT2D eigenvalue weighted by Crippen LogP contribution is 2.26. The first kappa shape index (κ1) is 18.8. The number of sulfonamides is 1. The SMILES string of the molecule is Cc1ccc(-c2nc(Cc3ccno3)no2)cc1NS(=O)(=O)c1ccc(F)cc1. The minimum absolute atomic E-state index is 0.0455. The molecule has 8 nitrogen and oxygen atoms in total. The molecule has 0 bridgehead atoms. The molecular weight excluding hydrogens is 399 g/mol. The Kier molecular flexibility index (Phi) is 4.85. The molecule has 0 saturated heterocycles. The van der Waals surface area contributed by atoms with Crippen molar-refractivity contribution in [2.45, 2.75) is 18.2 Å². The first-order valence-electron chi connectivity index (χ1n) is 8.52. The summed E-state index contributed by atoms with van der Waals surface area (Å²) in [5.74, 6) is 0.723. The van der Waals surface area contributed by atoms with E-state index in [2.05, 4.69) is 20.0 Å². The van der Waals surface area contributed by atoms with Crippen molar-refractivity contribution < 1.29 is 21.9 Å². The largest absolute Gasteiger partial charge is 0.361 e. The van der Waals surface area contributed by atoms with Crippen LogP contribution in [0.25, 0.3) is 11.5 Å². The lowest BCUT2D eigenvalue weighted by Crippen LogP contribution is -2.13. The smallest absolute Gasteiger partial charge is 0.261 e. The molecule has 2 heterocycles. The van der Waals surface area contributed by atoms with Crippen molar-refractivity contribution in [1.82, 2.24) is 15.3 Å². The average Bonchev–Trinajstić information content (AvgIpc) is 3.36. The Morgan fingerprint density at radius 2 is 1.86 bits per heavy atom. The molecule has 0 spiro atoms. The lowest BCUT2D eigenvalue weighted by molar-refractivity contribution is 0.382. The zero-order valence-electron chi connectivity index (χ0n) is 15.2. The fourth-order valence-corrected chi connectivity index (χ4v) is 3.74. The van der Waals surface area contributed by atoms with Crippen LogP contribution in [0.2, 0.25) is 0 Å². The molecule has 4 aromatic rings. The molecule has 0 saturated carbocycles. The fraction of sp³-hybridized carbons (Fsp3) is 0.105. The van der Waals surface area contributed by atoms with Gasteiger partial charge >= 0.3 is 0 Å². The van der Waals surface area contributed by atoms with Crippen molar-refractivity contribution in [1.29, 1.82) is 0 Å². The van der Waals surface area contributed by atoms with Crippen LogP contribution in [0, 0.1) is 12.7 Å². The Bertz CT molecular complexity index is 1240. The van der Waals surface area contributed by atoms with E-state index in [0.29, 0.717) is 34.8 Å². The first-order chi connectivity index (χ1) is 13.9. The molecule has 10 heteroatoms. The highest BCUT2D eigenvalue weighted by molar-refractivity contribution is 7.92. The van der Waals surface area contributed by atoms with Gasteiger partial charge in [0.15, 0.2) is 5.82 Å². The molecule has 0 aliphatic heterocycles. The maximum Gasteiger partial charge on any atom is 0.261 e. The average molecular weight is 414 g/mol. The number of nitrogens with one attached hydrogen (secondary N) is 1. The molecule has 0 fully saturated rings. The monoisotopic (exact) mass is 414 g/mol. The van der Waals surface area contributed by atoms with Gasteiger partial charge in [0.1, 0.15) is 11.6 Å². The van der Waals surface area contributed by atoms with E-state index >= 15 is 0 Å². The van der Waals surface area contributed by atoms with Gasteiger partial charge < -0.3 is 9.05 Å². The molecule has 0 aliphatic rings. The number of benzene rings is 2. The number of halogens is 1. The predicted octanol–water partition coefficient (Wildman–Crippen LogP) is 3.56. The molecule has 2 aromatic heterocycles. The van der Waals surface area contributed by atoms with Crippen LogP contribution >= 0.6 is 0 Å². The van der Waals surface area contributed by atoms with E-state index in [9.17, 15) is 12.8 Å². The van der Waals surface area contributed by atoms with Crippen molar-refractivity contribution in [2.75, 3.05) is 4.72 Å². The lowest BCUT2D eigenvalue weighted by Gasteiger charge is -2.11. The minimum atomic E-state index is -3.88. The minimum Gasteiger partial charge on any atom is -0.361 e. The van der Waals surface area contributed by atoms with Gasteiger partial charge in [-0.15, -0.1) is 0 Å². The zero-order valence-corrected chi connectivity index (χ0v) is 16.0. The topological polar surface area (TPSA) is 111 Å². The highest BCUT2D eigenvalue weighted by atomic mass is 32.2. The standard InChI is InChI=1S/C19H15FN4O4S/c1-12-2-3-13(19-22-18(23-28-19)11-15-8-9-21-27-15)10-17(12)24-29(25,26)16-6-4-14(20)5-7-16/h2-10,24H,11H2,1H3. The lowest BCUT2D eigenvalue weighted by atomic mass is 10.1. The summed E-state index contributed by atoms with van der Waals surface area (Å²) < 4.78 is 51.1. The highest BCUT2D eigenvalue weighted by Gasteiger charge is 2.17. The van der Waals surface area contributed by atoms with Crippen LogP contribution in [-0.4, -0.2) is 23.7 Å². The van der Waals surface area contributed by atoms with E-state index in [-0.39, 0.29) is 10.8 Å². The molecule has 0 unspecified atom stereocenters. The van der Waals surface area contributed by atoms with Crippen molar-refractivity contribution >= 4 is 15.7 Å². The van der Waals surface area contributed by atoms with E-state index < -0.39 is 15.8 Å². The van der Waals surface area contributed by atoms with Gasteiger partial charge in [0.25, 0.3) is 15.9 Å². The third kappa shape index (κ3) is 4.16. The molecule has 148 valence electrons. The number of aryl methyl sites for hydroxylation is 1. The molecule has 4 rings (SSSR count). The third-order valence-corrected chi connectivity index (χ3v) is 5.53.